The second-order valence-corrected chi connectivity index (χ2v) is 5.40. The van der Waals surface area contributed by atoms with Gasteiger partial charge in [0.25, 0.3) is 0 Å². The van der Waals surface area contributed by atoms with E-state index in [2.05, 4.69) is 10.6 Å². The summed E-state index contributed by atoms with van der Waals surface area (Å²) in [6, 6.07) is 12.3. The van der Waals surface area contributed by atoms with Crippen molar-refractivity contribution in [2.24, 2.45) is 0 Å². The van der Waals surface area contributed by atoms with E-state index in [1.165, 1.54) is 0 Å². The Labute approximate surface area is 138 Å². The maximum absolute atomic E-state index is 12.0. The van der Waals surface area contributed by atoms with Crippen molar-refractivity contribution in [1.29, 1.82) is 5.26 Å². The molecule has 2 aromatic rings. The predicted molar refractivity (Wildman–Crippen MR) is 89.5 cm³/mol. The van der Waals surface area contributed by atoms with Gasteiger partial charge in [0.15, 0.2) is 0 Å². The van der Waals surface area contributed by atoms with Gasteiger partial charge in [0.05, 0.1) is 22.8 Å². The van der Waals surface area contributed by atoms with E-state index in [-0.39, 0.29) is 12.5 Å². The molecule has 0 radical (unpaired) electrons. The average molecular weight is 334 g/mol. The summed E-state index contributed by atoms with van der Waals surface area (Å²) < 4.78 is 0. The lowest BCUT2D eigenvalue weighted by atomic mass is 10.2. The number of carbonyl (C=O) groups is 1. The van der Waals surface area contributed by atoms with Gasteiger partial charge in [0.2, 0.25) is 5.91 Å². The Kier molecular flexibility index (Phi) is 5.26. The van der Waals surface area contributed by atoms with Crippen molar-refractivity contribution in [2.75, 3.05) is 17.2 Å². The number of nitriles is 1. The number of rotatable bonds is 4. The zero-order valence-electron chi connectivity index (χ0n) is 11.8. The first kappa shape index (κ1) is 16.2. The molecule has 0 unspecified atom stereocenters. The fourth-order valence-electron chi connectivity index (χ4n) is 1.90. The van der Waals surface area contributed by atoms with E-state index in [0.717, 1.165) is 5.56 Å². The van der Waals surface area contributed by atoms with Crippen LogP contribution in [-0.4, -0.2) is 12.5 Å². The van der Waals surface area contributed by atoms with Crippen LogP contribution < -0.4 is 10.6 Å². The van der Waals surface area contributed by atoms with E-state index < -0.39 is 0 Å². The van der Waals surface area contributed by atoms with Crippen LogP contribution in [0.15, 0.2) is 36.4 Å². The second kappa shape index (κ2) is 7.17. The number of carbonyl (C=O) groups excluding carboxylic acids is 1. The molecular weight excluding hydrogens is 321 g/mol. The Bertz CT molecular complexity index is 754. The predicted octanol–water partition coefficient (Wildman–Crippen LogP) is 4.22. The van der Waals surface area contributed by atoms with Crippen LogP contribution in [0.2, 0.25) is 10.0 Å². The number of hydrogen-bond donors (Lipinski definition) is 2. The van der Waals surface area contributed by atoms with Gasteiger partial charge in [-0.15, -0.1) is 0 Å². The maximum Gasteiger partial charge on any atom is 0.243 e. The molecule has 2 rings (SSSR count). The van der Waals surface area contributed by atoms with Crippen LogP contribution in [0.1, 0.15) is 11.1 Å². The van der Waals surface area contributed by atoms with Gasteiger partial charge in [0.1, 0.15) is 6.07 Å². The summed E-state index contributed by atoms with van der Waals surface area (Å²) in [5, 5.41) is 15.7. The highest BCUT2D eigenvalue weighted by atomic mass is 35.5. The third-order valence-electron chi connectivity index (χ3n) is 3.11. The molecule has 0 aromatic heterocycles. The number of nitrogens with one attached hydrogen (secondary N) is 2. The lowest BCUT2D eigenvalue weighted by Crippen LogP contribution is -2.22. The quantitative estimate of drug-likeness (QED) is 0.880. The number of hydrogen-bond acceptors (Lipinski definition) is 3. The van der Waals surface area contributed by atoms with Crippen LogP contribution in [0.5, 0.6) is 0 Å². The highest BCUT2D eigenvalue weighted by Gasteiger charge is 2.09. The van der Waals surface area contributed by atoms with Crippen LogP contribution in [0.4, 0.5) is 11.4 Å². The lowest BCUT2D eigenvalue weighted by molar-refractivity contribution is -0.114. The average Bonchev–Trinajstić information content (AvgIpc) is 2.50. The molecular formula is C16H13Cl2N3O. The van der Waals surface area contributed by atoms with Crippen molar-refractivity contribution < 1.29 is 4.79 Å². The van der Waals surface area contributed by atoms with E-state index >= 15 is 0 Å². The Hall–Kier alpha value is -2.22. The first-order valence-corrected chi connectivity index (χ1v) is 7.26. The van der Waals surface area contributed by atoms with Crippen molar-refractivity contribution in [2.45, 2.75) is 6.92 Å². The van der Waals surface area contributed by atoms with E-state index in [0.29, 0.717) is 27.0 Å². The van der Waals surface area contributed by atoms with Crippen LogP contribution >= 0.6 is 23.2 Å². The number of halogens is 2. The molecule has 0 aliphatic carbocycles. The van der Waals surface area contributed by atoms with Crippen LogP contribution in [-0.2, 0) is 4.79 Å². The summed E-state index contributed by atoms with van der Waals surface area (Å²) in [4.78, 5) is 12.0. The summed E-state index contributed by atoms with van der Waals surface area (Å²) in [7, 11) is 0. The number of nitrogens with zero attached hydrogens (tertiary/aromatic N) is 1. The van der Waals surface area contributed by atoms with E-state index in [4.69, 9.17) is 28.5 Å². The van der Waals surface area contributed by atoms with Gasteiger partial charge in [-0.3, -0.25) is 4.79 Å². The summed E-state index contributed by atoms with van der Waals surface area (Å²) in [6.45, 7) is 1.84. The second-order valence-electron chi connectivity index (χ2n) is 4.59. The Morgan fingerprint density at radius 3 is 2.45 bits per heavy atom. The Morgan fingerprint density at radius 2 is 1.77 bits per heavy atom. The molecule has 0 spiro atoms. The fourth-order valence-corrected chi connectivity index (χ4v) is 2.29. The van der Waals surface area contributed by atoms with Gasteiger partial charge < -0.3 is 10.6 Å². The first-order valence-electron chi connectivity index (χ1n) is 6.50. The normalized spacial score (nSPS) is 9.91. The molecule has 2 N–H and O–H groups in total. The van der Waals surface area contributed by atoms with E-state index in [1.54, 1.807) is 36.4 Å². The molecule has 0 saturated carbocycles. The summed E-state index contributed by atoms with van der Waals surface area (Å²) in [5.74, 6) is -0.241. The minimum absolute atomic E-state index is 0.0149. The van der Waals surface area contributed by atoms with Crippen LogP contribution in [0.25, 0.3) is 0 Å². The largest absolute Gasteiger partial charge is 0.375 e. The van der Waals surface area contributed by atoms with Gasteiger partial charge in [-0.2, -0.15) is 5.26 Å². The Balaban J connectivity index is 2.04. The molecule has 0 aliphatic heterocycles. The number of benzene rings is 2. The molecule has 4 nitrogen and oxygen atoms in total. The van der Waals surface area contributed by atoms with Gasteiger partial charge >= 0.3 is 0 Å². The third-order valence-corrected chi connectivity index (χ3v) is 3.83. The van der Waals surface area contributed by atoms with Gasteiger partial charge in [-0.25, -0.2) is 0 Å². The smallest absolute Gasteiger partial charge is 0.243 e. The standard InChI is InChI=1S/C16H13Cl2N3O/c1-10-12(17)4-2-6-14(10)21-16(22)9-20-15-7-3-5-13(18)11(15)8-19/h2-7,20H,9H2,1H3,(H,21,22). The summed E-state index contributed by atoms with van der Waals surface area (Å²) >= 11 is 11.9. The third kappa shape index (κ3) is 3.70. The molecule has 6 heteroatoms. The van der Waals surface area contributed by atoms with Crippen LogP contribution in [0, 0.1) is 18.3 Å². The molecule has 0 aliphatic rings. The van der Waals surface area contributed by atoms with Crippen LogP contribution in [0.3, 0.4) is 0 Å². The monoisotopic (exact) mass is 333 g/mol. The maximum atomic E-state index is 12.0. The molecule has 2 aromatic carbocycles. The number of amides is 1. The molecule has 22 heavy (non-hydrogen) atoms. The molecule has 0 saturated heterocycles. The van der Waals surface area contributed by atoms with Crippen molar-refractivity contribution in [3.63, 3.8) is 0 Å². The topological polar surface area (TPSA) is 64.9 Å². The van der Waals surface area contributed by atoms with Gasteiger partial charge in [-0.1, -0.05) is 35.3 Å². The molecule has 0 heterocycles. The fraction of sp³-hybridized carbons (Fsp3) is 0.125. The van der Waals surface area contributed by atoms with Crippen molar-refractivity contribution >= 4 is 40.5 Å². The minimum Gasteiger partial charge on any atom is -0.375 e. The van der Waals surface area contributed by atoms with Gasteiger partial charge in [-0.05, 0) is 36.8 Å². The SMILES string of the molecule is Cc1c(Cl)cccc1NC(=O)CNc1cccc(Cl)c1C#N. The number of anilines is 2. The molecule has 0 bridgehead atoms. The van der Waals surface area contributed by atoms with Crippen molar-refractivity contribution in [1.82, 2.24) is 0 Å². The first-order chi connectivity index (χ1) is 10.5. The van der Waals surface area contributed by atoms with Gasteiger partial charge in [0, 0.05) is 10.7 Å². The summed E-state index contributed by atoms with van der Waals surface area (Å²) in [5.41, 5.74) is 2.30. The minimum atomic E-state index is -0.241. The highest BCUT2D eigenvalue weighted by Crippen LogP contribution is 2.24. The van der Waals surface area contributed by atoms with Crippen molar-refractivity contribution in [3.8, 4) is 6.07 Å². The zero-order chi connectivity index (χ0) is 16.1. The van der Waals surface area contributed by atoms with Crippen molar-refractivity contribution in [3.05, 3.63) is 57.6 Å². The lowest BCUT2D eigenvalue weighted by Gasteiger charge is -2.11. The molecule has 1 amide bonds. The van der Waals surface area contributed by atoms with E-state index in [9.17, 15) is 4.79 Å². The van der Waals surface area contributed by atoms with E-state index in [1.807, 2.05) is 13.0 Å². The Morgan fingerprint density at radius 1 is 1.14 bits per heavy atom. The summed E-state index contributed by atoms with van der Waals surface area (Å²) in [6.07, 6.45) is 0. The molecule has 112 valence electrons. The zero-order valence-corrected chi connectivity index (χ0v) is 13.3. The molecule has 0 fully saturated rings. The molecule has 0 atom stereocenters. The highest BCUT2D eigenvalue weighted by molar-refractivity contribution is 6.32.